The maximum atomic E-state index is 13.6. The van der Waals surface area contributed by atoms with Gasteiger partial charge < -0.3 is 4.74 Å². The summed E-state index contributed by atoms with van der Waals surface area (Å²) in [4.78, 5) is 28.2. The molecule has 158 valence electrons. The van der Waals surface area contributed by atoms with Gasteiger partial charge in [-0.3, -0.25) is 4.79 Å². The van der Waals surface area contributed by atoms with Crippen molar-refractivity contribution in [3.63, 3.8) is 0 Å². The summed E-state index contributed by atoms with van der Waals surface area (Å²) in [6.45, 7) is 13.8. The number of ether oxygens (including phenoxy) is 1. The van der Waals surface area contributed by atoms with Crippen LogP contribution in [0.15, 0.2) is 72.8 Å². The monoisotopic (exact) mass is 405 g/mol. The molecule has 3 atom stereocenters. The summed E-state index contributed by atoms with van der Waals surface area (Å²) in [5, 5.41) is 0. The van der Waals surface area contributed by atoms with Crippen LogP contribution in [0.3, 0.4) is 0 Å². The minimum Gasteiger partial charge on any atom is -0.430 e. The molecule has 0 N–H and O–H groups in total. The number of hydrogen-bond acceptors (Lipinski definition) is 3. The third kappa shape index (κ3) is 3.55. The van der Waals surface area contributed by atoms with Crippen molar-refractivity contribution in [1.29, 1.82) is 0 Å². The maximum absolute atomic E-state index is 13.6. The van der Waals surface area contributed by atoms with Gasteiger partial charge in [-0.1, -0.05) is 101 Å². The molecule has 3 rings (SSSR count). The number of cyclic esters (lactones) is 1. The van der Waals surface area contributed by atoms with E-state index in [1.807, 2.05) is 95.3 Å². The first-order valence-electron chi connectivity index (χ1n) is 10.5. The molecule has 2 aromatic carbocycles. The van der Waals surface area contributed by atoms with Crippen molar-refractivity contribution < 1.29 is 14.3 Å². The lowest BCUT2D eigenvalue weighted by molar-refractivity contribution is -0.135. The topological polar surface area (TPSA) is 46.6 Å². The SMILES string of the molecule is C=C(C)[C@H](C)[C@@H](C)C(=O)N1C(=O)OC(c2ccccc2)(c2ccccc2)[C@H]1C(C)C. The molecule has 4 heteroatoms. The number of benzene rings is 2. The van der Waals surface area contributed by atoms with Gasteiger partial charge in [-0.2, -0.15) is 0 Å². The van der Waals surface area contributed by atoms with Crippen molar-refractivity contribution in [1.82, 2.24) is 4.90 Å². The van der Waals surface area contributed by atoms with E-state index in [0.29, 0.717) is 0 Å². The molecule has 4 nitrogen and oxygen atoms in total. The van der Waals surface area contributed by atoms with Crippen LogP contribution in [0.5, 0.6) is 0 Å². The first-order chi connectivity index (χ1) is 14.2. The molecule has 0 unspecified atom stereocenters. The standard InChI is InChI=1S/C26H31NO3/c1-17(2)19(5)20(6)24(28)27-23(18(3)4)26(30-25(27)29,21-13-9-7-10-14-21)22-15-11-8-12-16-22/h7-16,18-20,23H,1H2,2-6H3/t19-,20+,23+/m0/s1. The molecule has 1 fully saturated rings. The van der Waals surface area contributed by atoms with Crippen LogP contribution >= 0.6 is 0 Å². The van der Waals surface area contributed by atoms with E-state index in [1.165, 1.54) is 4.90 Å². The minimum atomic E-state index is -1.06. The number of hydrogen-bond donors (Lipinski definition) is 0. The molecule has 1 aliphatic rings. The molecular formula is C26H31NO3. The highest BCUT2D eigenvalue weighted by Crippen LogP contribution is 2.47. The fourth-order valence-electron chi connectivity index (χ4n) is 4.39. The summed E-state index contributed by atoms with van der Waals surface area (Å²) in [5.41, 5.74) is 1.58. The molecule has 0 aromatic heterocycles. The van der Waals surface area contributed by atoms with E-state index in [2.05, 4.69) is 6.58 Å². The number of nitrogens with zero attached hydrogens (tertiary/aromatic N) is 1. The fourth-order valence-corrected chi connectivity index (χ4v) is 4.39. The van der Waals surface area contributed by atoms with E-state index in [1.54, 1.807) is 0 Å². The summed E-state index contributed by atoms with van der Waals surface area (Å²) >= 11 is 0. The Morgan fingerprint density at radius 2 is 1.40 bits per heavy atom. The Balaban J connectivity index is 2.19. The van der Waals surface area contributed by atoms with Crippen LogP contribution in [0, 0.1) is 17.8 Å². The average molecular weight is 406 g/mol. The number of carbonyl (C=O) groups is 2. The quantitative estimate of drug-likeness (QED) is 0.572. The number of carbonyl (C=O) groups excluding carboxylic acids is 2. The number of amides is 2. The van der Waals surface area contributed by atoms with Crippen molar-refractivity contribution in [2.75, 3.05) is 0 Å². The van der Waals surface area contributed by atoms with E-state index in [0.717, 1.165) is 16.7 Å². The summed E-state index contributed by atoms with van der Waals surface area (Å²) in [7, 11) is 0. The Hall–Kier alpha value is -2.88. The molecule has 0 saturated carbocycles. The van der Waals surface area contributed by atoms with Gasteiger partial charge in [0, 0.05) is 17.0 Å². The predicted molar refractivity (Wildman–Crippen MR) is 119 cm³/mol. The molecule has 1 saturated heterocycles. The van der Waals surface area contributed by atoms with Gasteiger partial charge >= 0.3 is 6.09 Å². The summed E-state index contributed by atoms with van der Waals surface area (Å²) in [6, 6.07) is 19.0. The third-order valence-electron chi connectivity index (χ3n) is 6.33. The molecular weight excluding hydrogens is 374 g/mol. The van der Waals surface area contributed by atoms with Gasteiger partial charge in [0.25, 0.3) is 0 Å². The van der Waals surface area contributed by atoms with Crippen molar-refractivity contribution >= 4 is 12.0 Å². The van der Waals surface area contributed by atoms with Crippen LogP contribution in [0.25, 0.3) is 0 Å². The van der Waals surface area contributed by atoms with Gasteiger partial charge in [-0.05, 0) is 18.8 Å². The Bertz CT molecular complexity index is 880. The van der Waals surface area contributed by atoms with E-state index < -0.39 is 17.7 Å². The van der Waals surface area contributed by atoms with Gasteiger partial charge in [0.05, 0.1) is 6.04 Å². The maximum Gasteiger partial charge on any atom is 0.418 e. The second-order valence-corrected chi connectivity index (χ2v) is 8.66. The van der Waals surface area contributed by atoms with E-state index in [9.17, 15) is 9.59 Å². The van der Waals surface area contributed by atoms with E-state index >= 15 is 0 Å². The highest BCUT2D eigenvalue weighted by Gasteiger charge is 2.59. The Morgan fingerprint density at radius 1 is 0.933 bits per heavy atom. The Kier molecular flexibility index (Phi) is 6.16. The predicted octanol–water partition coefficient (Wildman–Crippen LogP) is 5.78. The first kappa shape index (κ1) is 21.8. The van der Waals surface area contributed by atoms with E-state index in [-0.39, 0.29) is 23.7 Å². The molecule has 0 bridgehead atoms. The van der Waals surface area contributed by atoms with Crippen LogP contribution in [0.4, 0.5) is 4.79 Å². The second kappa shape index (κ2) is 8.47. The first-order valence-corrected chi connectivity index (χ1v) is 10.5. The number of rotatable bonds is 6. The van der Waals surface area contributed by atoms with Crippen LogP contribution < -0.4 is 0 Å². The van der Waals surface area contributed by atoms with Crippen molar-refractivity contribution in [3.05, 3.63) is 83.9 Å². The van der Waals surface area contributed by atoms with Gasteiger partial charge in [0.1, 0.15) is 0 Å². The molecule has 2 aromatic rings. The van der Waals surface area contributed by atoms with Crippen molar-refractivity contribution in [2.24, 2.45) is 17.8 Å². The van der Waals surface area contributed by atoms with Crippen molar-refractivity contribution in [3.8, 4) is 0 Å². The Labute approximate surface area is 179 Å². The molecule has 2 amide bonds. The lowest BCUT2D eigenvalue weighted by atomic mass is 9.75. The van der Waals surface area contributed by atoms with Crippen LogP contribution in [0.1, 0.15) is 45.7 Å². The summed E-state index contributed by atoms with van der Waals surface area (Å²) in [6.07, 6.45) is -0.591. The van der Waals surface area contributed by atoms with Crippen LogP contribution in [-0.4, -0.2) is 22.9 Å². The molecule has 1 aliphatic heterocycles. The molecule has 0 aliphatic carbocycles. The van der Waals surface area contributed by atoms with Gasteiger partial charge in [0.15, 0.2) is 5.60 Å². The lowest BCUT2D eigenvalue weighted by Crippen LogP contribution is -2.51. The zero-order chi connectivity index (χ0) is 22.1. The highest BCUT2D eigenvalue weighted by atomic mass is 16.6. The van der Waals surface area contributed by atoms with Crippen molar-refractivity contribution in [2.45, 2.75) is 46.3 Å². The molecule has 1 heterocycles. The molecule has 0 radical (unpaired) electrons. The summed E-state index contributed by atoms with van der Waals surface area (Å²) in [5.74, 6) is -0.656. The number of allylic oxidation sites excluding steroid dienone is 1. The molecule has 30 heavy (non-hydrogen) atoms. The second-order valence-electron chi connectivity index (χ2n) is 8.66. The van der Waals surface area contributed by atoms with Gasteiger partial charge in [0.2, 0.25) is 5.91 Å². The van der Waals surface area contributed by atoms with Crippen LogP contribution in [-0.2, 0) is 15.1 Å². The zero-order valence-electron chi connectivity index (χ0n) is 18.5. The fraction of sp³-hybridized carbons (Fsp3) is 0.385. The minimum absolute atomic E-state index is 0.0202. The van der Waals surface area contributed by atoms with E-state index in [4.69, 9.17) is 4.74 Å². The third-order valence-corrected chi connectivity index (χ3v) is 6.33. The Morgan fingerprint density at radius 3 is 1.80 bits per heavy atom. The normalized spacial score (nSPS) is 20.0. The largest absolute Gasteiger partial charge is 0.430 e. The lowest BCUT2D eigenvalue weighted by Gasteiger charge is -2.38. The zero-order valence-corrected chi connectivity index (χ0v) is 18.5. The molecule has 0 spiro atoms. The average Bonchev–Trinajstić information content (AvgIpc) is 3.07. The van der Waals surface area contributed by atoms with Crippen LogP contribution in [0.2, 0.25) is 0 Å². The smallest absolute Gasteiger partial charge is 0.418 e. The number of imide groups is 1. The highest BCUT2D eigenvalue weighted by molar-refractivity contribution is 5.96. The van der Waals surface area contributed by atoms with Gasteiger partial charge in [-0.15, -0.1) is 0 Å². The summed E-state index contributed by atoms with van der Waals surface area (Å²) < 4.78 is 6.16. The van der Waals surface area contributed by atoms with Gasteiger partial charge in [-0.25, -0.2) is 9.69 Å².